The van der Waals surface area contributed by atoms with Crippen LogP contribution >= 0.6 is 0 Å². The zero-order valence-corrected chi connectivity index (χ0v) is 12.6. The summed E-state index contributed by atoms with van der Waals surface area (Å²) in [6.45, 7) is 7.30. The van der Waals surface area contributed by atoms with Gasteiger partial charge in [-0.1, -0.05) is 20.8 Å². The number of nitrogens with zero attached hydrogens (tertiary/aromatic N) is 1. The zero-order chi connectivity index (χ0) is 14.9. The first-order valence-electron chi connectivity index (χ1n) is 7.00. The van der Waals surface area contributed by atoms with E-state index in [-0.39, 0.29) is 17.2 Å². The summed E-state index contributed by atoms with van der Waals surface area (Å²) in [6.07, 6.45) is 2.13. The Kier molecular flexibility index (Phi) is 3.84. The Bertz CT molecular complexity index is 510. The molecule has 1 aliphatic rings. The minimum Gasteiger partial charge on any atom is -0.326 e. The first kappa shape index (κ1) is 14.6. The number of amides is 2. The summed E-state index contributed by atoms with van der Waals surface area (Å²) in [7, 11) is 0. The van der Waals surface area contributed by atoms with Gasteiger partial charge in [0.1, 0.15) is 0 Å². The van der Waals surface area contributed by atoms with E-state index in [1.807, 2.05) is 49.9 Å². The molecule has 0 heterocycles. The third kappa shape index (κ3) is 3.38. The van der Waals surface area contributed by atoms with E-state index in [1.165, 1.54) is 6.92 Å². The van der Waals surface area contributed by atoms with Crippen molar-refractivity contribution in [3.05, 3.63) is 24.3 Å². The van der Waals surface area contributed by atoms with Crippen molar-refractivity contribution in [2.24, 2.45) is 5.41 Å². The van der Waals surface area contributed by atoms with Gasteiger partial charge in [0.15, 0.2) is 0 Å². The van der Waals surface area contributed by atoms with E-state index < -0.39 is 0 Å². The molecule has 20 heavy (non-hydrogen) atoms. The van der Waals surface area contributed by atoms with Crippen LogP contribution in [0.2, 0.25) is 0 Å². The average molecular weight is 274 g/mol. The van der Waals surface area contributed by atoms with Gasteiger partial charge in [-0.3, -0.25) is 9.59 Å². The Hall–Kier alpha value is -1.84. The van der Waals surface area contributed by atoms with Crippen molar-refractivity contribution in [2.75, 3.05) is 10.2 Å². The molecule has 1 aromatic rings. The van der Waals surface area contributed by atoms with E-state index in [2.05, 4.69) is 5.32 Å². The van der Waals surface area contributed by atoms with Crippen LogP contribution in [0.3, 0.4) is 0 Å². The summed E-state index contributed by atoms with van der Waals surface area (Å²) in [5.41, 5.74) is 1.26. The van der Waals surface area contributed by atoms with Crippen LogP contribution in [-0.4, -0.2) is 17.9 Å². The van der Waals surface area contributed by atoms with Crippen molar-refractivity contribution in [1.82, 2.24) is 0 Å². The number of nitrogens with one attached hydrogen (secondary N) is 1. The molecule has 0 spiro atoms. The molecule has 1 fully saturated rings. The SMILES string of the molecule is CC(=O)Nc1ccc(N(C(=O)C(C)(C)C)C2CC2)cc1. The van der Waals surface area contributed by atoms with Gasteiger partial charge in [-0.25, -0.2) is 0 Å². The third-order valence-corrected chi connectivity index (χ3v) is 3.24. The minimum absolute atomic E-state index is 0.0948. The molecule has 4 nitrogen and oxygen atoms in total. The number of carbonyl (C=O) groups excluding carboxylic acids is 2. The molecule has 0 bridgehead atoms. The fourth-order valence-corrected chi connectivity index (χ4v) is 2.10. The van der Waals surface area contributed by atoms with Gasteiger partial charge in [0.2, 0.25) is 11.8 Å². The number of anilines is 2. The van der Waals surface area contributed by atoms with Crippen molar-refractivity contribution in [3.63, 3.8) is 0 Å². The maximum atomic E-state index is 12.6. The molecule has 108 valence electrons. The molecule has 0 aliphatic heterocycles. The molecule has 4 heteroatoms. The summed E-state index contributed by atoms with van der Waals surface area (Å²) >= 11 is 0. The van der Waals surface area contributed by atoms with Gasteiger partial charge in [0.05, 0.1) is 0 Å². The van der Waals surface area contributed by atoms with Gasteiger partial charge in [0.25, 0.3) is 0 Å². The average Bonchev–Trinajstić information content (AvgIpc) is 3.14. The highest BCUT2D eigenvalue weighted by molar-refractivity contribution is 5.98. The zero-order valence-electron chi connectivity index (χ0n) is 12.6. The molecule has 0 radical (unpaired) electrons. The van der Waals surface area contributed by atoms with Crippen molar-refractivity contribution in [3.8, 4) is 0 Å². The number of carbonyl (C=O) groups is 2. The molecule has 1 saturated carbocycles. The van der Waals surface area contributed by atoms with Crippen LogP contribution in [-0.2, 0) is 9.59 Å². The van der Waals surface area contributed by atoms with E-state index in [0.717, 1.165) is 24.2 Å². The smallest absolute Gasteiger partial charge is 0.232 e. The Morgan fingerprint density at radius 2 is 1.70 bits per heavy atom. The van der Waals surface area contributed by atoms with Crippen LogP contribution in [0, 0.1) is 5.41 Å². The van der Waals surface area contributed by atoms with Crippen LogP contribution in [0.5, 0.6) is 0 Å². The summed E-state index contributed by atoms with van der Waals surface area (Å²) in [5, 5.41) is 2.73. The summed E-state index contributed by atoms with van der Waals surface area (Å²) in [5.74, 6) is 0.0508. The molecule has 0 atom stereocenters. The fraction of sp³-hybridized carbons (Fsp3) is 0.500. The molecule has 0 saturated heterocycles. The lowest BCUT2D eigenvalue weighted by atomic mass is 9.94. The summed E-state index contributed by atoms with van der Waals surface area (Å²) in [6, 6.07) is 7.79. The summed E-state index contributed by atoms with van der Waals surface area (Å²) < 4.78 is 0. The number of hydrogen-bond donors (Lipinski definition) is 1. The molecule has 1 N–H and O–H groups in total. The molecule has 2 amide bonds. The first-order chi connectivity index (χ1) is 9.29. The lowest BCUT2D eigenvalue weighted by Gasteiger charge is -2.29. The van der Waals surface area contributed by atoms with E-state index in [1.54, 1.807) is 0 Å². The van der Waals surface area contributed by atoms with Crippen LogP contribution < -0.4 is 10.2 Å². The molecule has 2 rings (SSSR count). The molecule has 0 aromatic heterocycles. The van der Waals surface area contributed by atoms with Gasteiger partial charge >= 0.3 is 0 Å². The number of rotatable bonds is 3. The molecule has 1 aliphatic carbocycles. The second-order valence-corrected chi connectivity index (χ2v) is 6.38. The molecular weight excluding hydrogens is 252 g/mol. The van der Waals surface area contributed by atoms with Crippen molar-refractivity contribution >= 4 is 23.2 Å². The topological polar surface area (TPSA) is 49.4 Å². The lowest BCUT2D eigenvalue weighted by Crippen LogP contribution is -2.41. The molecule has 1 aromatic carbocycles. The Balaban J connectivity index is 2.22. The van der Waals surface area contributed by atoms with Crippen LogP contribution in [0.25, 0.3) is 0 Å². The highest BCUT2D eigenvalue weighted by atomic mass is 16.2. The molecular formula is C16H22N2O2. The predicted octanol–water partition coefficient (Wildman–Crippen LogP) is 3.19. The van der Waals surface area contributed by atoms with Gasteiger partial charge in [-0.15, -0.1) is 0 Å². The highest BCUT2D eigenvalue weighted by Gasteiger charge is 2.38. The predicted molar refractivity (Wildman–Crippen MR) is 80.7 cm³/mol. The second kappa shape index (κ2) is 5.27. The maximum absolute atomic E-state index is 12.6. The van der Waals surface area contributed by atoms with Gasteiger partial charge < -0.3 is 10.2 Å². The third-order valence-electron chi connectivity index (χ3n) is 3.24. The van der Waals surface area contributed by atoms with Crippen LogP contribution in [0.1, 0.15) is 40.5 Å². The first-order valence-corrected chi connectivity index (χ1v) is 7.00. The van der Waals surface area contributed by atoms with Gasteiger partial charge in [-0.05, 0) is 37.1 Å². The van der Waals surface area contributed by atoms with Gasteiger partial charge in [0, 0.05) is 29.8 Å². The van der Waals surface area contributed by atoms with E-state index in [9.17, 15) is 9.59 Å². The van der Waals surface area contributed by atoms with Crippen molar-refractivity contribution in [2.45, 2.75) is 46.6 Å². The van der Waals surface area contributed by atoms with E-state index >= 15 is 0 Å². The standard InChI is InChI=1S/C16H22N2O2/c1-11(19)17-12-5-7-13(8-6-12)18(14-9-10-14)15(20)16(2,3)4/h5-8,14H,9-10H2,1-4H3,(H,17,19). The van der Waals surface area contributed by atoms with Crippen LogP contribution in [0.15, 0.2) is 24.3 Å². The number of benzene rings is 1. The Morgan fingerprint density at radius 1 is 1.15 bits per heavy atom. The quantitative estimate of drug-likeness (QED) is 0.920. The normalized spacial score (nSPS) is 14.8. The Labute approximate surface area is 120 Å². The summed E-state index contributed by atoms with van der Waals surface area (Å²) in [4.78, 5) is 25.5. The largest absolute Gasteiger partial charge is 0.326 e. The minimum atomic E-state index is -0.390. The maximum Gasteiger partial charge on any atom is 0.232 e. The van der Waals surface area contributed by atoms with E-state index in [4.69, 9.17) is 0 Å². The van der Waals surface area contributed by atoms with Crippen molar-refractivity contribution in [1.29, 1.82) is 0 Å². The van der Waals surface area contributed by atoms with Crippen LogP contribution in [0.4, 0.5) is 11.4 Å². The highest BCUT2D eigenvalue weighted by Crippen LogP contribution is 2.35. The second-order valence-electron chi connectivity index (χ2n) is 6.38. The lowest BCUT2D eigenvalue weighted by molar-refractivity contribution is -0.125. The Morgan fingerprint density at radius 3 is 2.10 bits per heavy atom. The monoisotopic (exact) mass is 274 g/mol. The van der Waals surface area contributed by atoms with Crippen molar-refractivity contribution < 1.29 is 9.59 Å². The molecule has 0 unspecified atom stereocenters. The number of hydrogen-bond acceptors (Lipinski definition) is 2. The fourth-order valence-electron chi connectivity index (χ4n) is 2.10. The van der Waals surface area contributed by atoms with Gasteiger partial charge in [-0.2, -0.15) is 0 Å². The van der Waals surface area contributed by atoms with E-state index in [0.29, 0.717) is 6.04 Å².